The van der Waals surface area contributed by atoms with Crippen molar-refractivity contribution in [2.75, 3.05) is 5.32 Å². The van der Waals surface area contributed by atoms with Gasteiger partial charge in [-0.25, -0.2) is 28.5 Å². The lowest BCUT2D eigenvalue weighted by atomic mass is 10.3. The first-order valence-electron chi connectivity index (χ1n) is 7.51. The van der Waals surface area contributed by atoms with Crippen LogP contribution in [0.3, 0.4) is 0 Å². The second-order valence-electron chi connectivity index (χ2n) is 5.41. The molecule has 3 heterocycles. The van der Waals surface area contributed by atoms with Gasteiger partial charge < -0.3 is 5.32 Å². The summed E-state index contributed by atoms with van der Waals surface area (Å²) in [7, 11) is -3.72. The van der Waals surface area contributed by atoms with E-state index in [2.05, 4.69) is 25.3 Å². The quantitative estimate of drug-likeness (QED) is 0.560. The smallest absolute Gasteiger partial charge is 0.238 e. The topological polar surface area (TPSA) is 128 Å². The van der Waals surface area contributed by atoms with Crippen molar-refractivity contribution in [1.82, 2.24) is 24.3 Å². The fourth-order valence-corrected chi connectivity index (χ4v) is 2.97. The maximum Gasteiger partial charge on any atom is 0.238 e. The standard InChI is InChI=1S/C16H13N7O2S/c17-26(24,25)12-3-1-11(2-4-12)21-16-19-6-5-13(22-16)14-9-20-15-10-18-7-8-23(14)15/h1-10H,(H2,17,24,25)(H,19,21,22). The Morgan fingerprint density at radius 2 is 1.81 bits per heavy atom. The number of anilines is 2. The van der Waals surface area contributed by atoms with E-state index in [1.54, 1.807) is 49.2 Å². The van der Waals surface area contributed by atoms with Gasteiger partial charge in [-0.3, -0.25) is 9.38 Å². The fraction of sp³-hybridized carbons (Fsp3) is 0. The van der Waals surface area contributed by atoms with Gasteiger partial charge in [0.1, 0.15) is 0 Å². The Hall–Kier alpha value is -3.37. The number of hydrogen-bond acceptors (Lipinski definition) is 7. The monoisotopic (exact) mass is 367 g/mol. The molecule has 1 aromatic carbocycles. The Kier molecular flexibility index (Phi) is 3.82. The Labute approximate surface area is 148 Å². The van der Waals surface area contributed by atoms with Crippen molar-refractivity contribution in [3.8, 4) is 11.4 Å². The van der Waals surface area contributed by atoms with Gasteiger partial charge in [0.2, 0.25) is 16.0 Å². The third kappa shape index (κ3) is 3.10. The number of hydrogen-bond donors (Lipinski definition) is 2. The molecule has 4 aromatic rings. The molecule has 0 aliphatic heterocycles. The minimum absolute atomic E-state index is 0.0389. The third-order valence-electron chi connectivity index (χ3n) is 3.67. The van der Waals surface area contributed by atoms with Gasteiger partial charge in [-0.05, 0) is 30.3 Å². The zero-order chi connectivity index (χ0) is 18.1. The van der Waals surface area contributed by atoms with E-state index in [4.69, 9.17) is 5.14 Å². The fourth-order valence-electron chi connectivity index (χ4n) is 2.45. The van der Waals surface area contributed by atoms with Gasteiger partial charge in [-0.2, -0.15) is 0 Å². The molecular formula is C16H13N7O2S. The van der Waals surface area contributed by atoms with Crippen LogP contribution in [-0.4, -0.2) is 32.8 Å². The predicted molar refractivity (Wildman–Crippen MR) is 95.1 cm³/mol. The van der Waals surface area contributed by atoms with Crippen molar-refractivity contribution in [2.45, 2.75) is 4.90 Å². The molecule has 0 spiro atoms. The van der Waals surface area contributed by atoms with Gasteiger partial charge in [0.15, 0.2) is 5.65 Å². The van der Waals surface area contributed by atoms with Crippen LogP contribution >= 0.6 is 0 Å². The Balaban J connectivity index is 1.64. The third-order valence-corrected chi connectivity index (χ3v) is 4.60. The molecule has 4 rings (SSSR count). The van der Waals surface area contributed by atoms with Gasteiger partial charge in [0.25, 0.3) is 0 Å². The summed E-state index contributed by atoms with van der Waals surface area (Å²) in [5.74, 6) is 0.370. The molecule has 0 aliphatic rings. The van der Waals surface area contributed by atoms with E-state index < -0.39 is 10.0 Å². The van der Waals surface area contributed by atoms with E-state index in [-0.39, 0.29) is 4.90 Å². The van der Waals surface area contributed by atoms with Crippen LogP contribution in [0, 0.1) is 0 Å². The lowest BCUT2D eigenvalue weighted by Crippen LogP contribution is -2.11. The average Bonchev–Trinajstić information content (AvgIpc) is 3.06. The Morgan fingerprint density at radius 3 is 2.58 bits per heavy atom. The van der Waals surface area contributed by atoms with Crippen molar-refractivity contribution < 1.29 is 8.42 Å². The van der Waals surface area contributed by atoms with Crippen LogP contribution in [0.15, 0.2) is 66.2 Å². The number of nitrogens with one attached hydrogen (secondary N) is 1. The molecule has 3 aromatic heterocycles. The molecule has 0 bridgehead atoms. The number of benzene rings is 1. The van der Waals surface area contributed by atoms with Crippen LogP contribution in [0.2, 0.25) is 0 Å². The van der Waals surface area contributed by atoms with Crippen LogP contribution < -0.4 is 10.5 Å². The number of aromatic nitrogens is 5. The van der Waals surface area contributed by atoms with Crippen molar-refractivity contribution in [3.63, 3.8) is 0 Å². The molecule has 9 nitrogen and oxygen atoms in total. The minimum Gasteiger partial charge on any atom is -0.324 e. The minimum atomic E-state index is -3.72. The second-order valence-corrected chi connectivity index (χ2v) is 6.97. The molecule has 0 fully saturated rings. The van der Waals surface area contributed by atoms with E-state index in [9.17, 15) is 8.42 Å². The van der Waals surface area contributed by atoms with E-state index in [0.29, 0.717) is 23.0 Å². The maximum absolute atomic E-state index is 11.3. The second kappa shape index (κ2) is 6.17. The first-order valence-corrected chi connectivity index (χ1v) is 9.06. The maximum atomic E-state index is 11.3. The van der Waals surface area contributed by atoms with E-state index in [0.717, 1.165) is 5.69 Å². The number of imidazole rings is 1. The SMILES string of the molecule is NS(=O)(=O)c1ccc(Nc2nccc(-c3cnc4cnccn34)n2)cc1. The highest BCUT2D eigenvalue weighted by atomic mass is 32.2. The van der Waals surface area contributed by atoms with Crippen molar-refractivity contribution >= 4 is 27.3 Å². The number of nitrogens with zero attached hydrogens (tertiary/aromatic N) is 5. The number of nitrogens with two attached hydrogens (primary N) is 1. The summed E-state index contributed by atoms with van der Waals surface area (Å²) >= 11 is 0. The molecule has 0 atom stereocenters. The van der Waals surface area contributed by atoms with E-state index in [1.807, 2.05) is 4.40 Å². The molecule has 0 saturated carbocycles. The molecule has 0 saturated heterocycles. The van der Waals surface area contributed by atoms with Gasteiger partial charge in [-0.1, -0.05) is 0 Å². The molecule has 0 aliphatic carbocycles. The lowest BCUT2D eigenvalue weighted by molar-refractivity contribution is 0.598. The highest BCUT2D eigenvalue weighted by Crippen LogP contribution is 2.21. The summed E-state index contributed by atoms with van der Waals surface area (Å²) in [5, 5.41) is 8.13. The zero-order valence-electron chi connectivity index (χ0n) is 13.3. The first-order chi connectivity index (χ1) is 12.5. The summed E-state index contributed by atoms with van der Waals surface area (Å²) in [6.07, 6.45) is 8.48. The van der Waals surface area contributed by atoms with Gasteiger partial charge >= 0.3 is 0 Å². The van der Waals surface area contributed by atoms with Crippen LogP contribution in [-0.2, 0) is 10.0 Å². The molecule has 130 valence electrons. The average molecular weight is 367 g/mol. The Morgan fingerprint density at radius 1 is 1.00 bits per heavy atom. The van der Waals surface area contributed by atoms with Crippen molar-refractivity contribution in [3.05, 3.63) is 61.3 Å². The number of primary sulfonamides is 1. The van der Waals surface area contributed by atoms with Gasteiger partial charge in [0, 0.05) is 24.3 Å². The van der Waals surface area contributed by atoms with Crippen LogP contribution in [0.4, 0.5) is 11.6 Å². The van der Waals surface area contributed by atoms with Crippen molar-refractivity contribution in [1.29, 1.82) is 0 Å². The highest BCUT2D eigenvalue weighted by molar-refractivity contribution is 7.89. The predicted octanol–water partition coefficient (Wildman–Crippen LogP) is 1.58. The summed E-state index contributed by atoms with van der Waals surface area (Å²) in [6.45, 7) is 0. The molecule has 0 unspecified atom stereocenters. The van der Waals surface area contributed by atoms with E-state index >= 15 is 0 Å². The first kappa shape index (κ1) is 16.1. The largest absolute Gasteiger partial charge is 0.324 e. The summed E-state index contributed by atoms with van der Waals surface area (Å²) in [6, 6.07) is 7.79. The number of rotatable bonds is 4. The number of sulfonamides is 1. The van der Waals surface area contributed by atoms with Crippen LogP contribution in [0.5, 0.6) is 0 Å². The molecule has 10 heteroatoms. The van der Waals surface area contributed by atoms with Crippen LogP contribution in [0.1, 0.15) is 0 Å². The highest BCUT2D eigenvalue weighted by Gasteiger charge is 2.10. The lowest BCUT2D eigenvalue weighted by Gasteiger charge is -2.07. The molecule has 0 radical (unpaired) electrons. The Bertz CT molecular complexity index is 1190. The zero-order valence-corrected chi connectivity index (χ0v) is 14.1. The van der Waals surface area contributed by atoms with E-state index in [1.165, 1.54) is 12.1 Å². The molecule has 0 amide bonds. The van der Waals surface area contributed by atoms with Crippen molar-refractivity contribution in [2.24, 2.45) is 5.14 Å². The molecular weight excluding hydrogens is 354 g/mol. The van der Waals surface area contributed by atoms with Gasteiger partial charge in [0.05, 0.1) is 28.7 Å². The molecule has 3 N–H and O–H groups in total. The summed E-state index contributed by atoms with van der Waals surface area (Å²) in [4.78, 5) is 17.0. The van der Waals surface area contributed by atoms with Gasteiger partial charge in [-0.15, -0.1) is 0 Å². The molecule has 26 heavy (non-hydrogen) atoms. The van der Waals surface area contributed by atoms with Crippen LogP contribution in [0.25, 0.3) is 17.0 Å². The normalized spacial score (nSPS) is 11.6. The number of fused-ring (bicyclic) bond motifs is 1. The summed E-state index contributed by atoms with van der Waals surface area (Å²) in [5.41, 5.74) is 2.84. The summed E-state index contributed by atoms with van der Waals surface area (Å²) < 4.78 is 24.5.